The standard InChI is InChI=1S/C6H9N3O/c1-5-3-4-6(10)9(7-2)8-5/h3-4,7H,1-2H3. The summed E-state index contributed by atoms with van der Waals surface area (Å²) < 4.78 is 0. The summed E-state index contributed by atoms with van der Waals surface area (Å²) in [6.45, 7) is 1.83. The summed E-state index contributed by atoms with van der Waals surface area (Å²) in [5.74, 6) is 0. The Balaban J connectivity index is 3.22. The molecule has 0 radical (unpaired) electrons. The van der Waals surface area contributed by atoms with Gasteiger partial charge in [-0.05, 0) is 13.0 Å². The Kier molecular flexibility index (Phi) is 1.71. The molecule has 4 nitrogen and oxygen atoms in total. The molecular weight excluding hydrogens is 130 g/mol. The third kappa shape index (κ3) is 1.15. The smallest absolute Gasteiger partial charge is 0.285 e. The molecule has 1 aromatic heterocycles. The van der Waals surface area contributed by atoms with E-state index >= 15 is 0 Å². The van der Waals surface area contributed by atoms with E-state index in [0.29, 0.717) is 0 Å². The van der Waals surface area contributed by atoms with Crippen LogP contribution >= 0.6 is 0 Å². The summed E-state index contributed by atoms with van der Waals surface area (Å²) in [5, 5.41) is 3.88. The molecule has 1 rings (SSSR count). The number of hydrogen-bond donors (Lipinski definition) is 1. The van der Waals surface area contributed by atoms with Gasteiger partial charge in [0.05, 0.1) is 5.69 Å². The lowest BCUT2D eigenvalue weighted by Gasteiger charge is -2.00. The van der Waals surface area contributed by atoms with Crippen LogP contribution in [0.4, 0.5) is 0 Å². The molecule has 0 bridgehead atoms. The maximum Gasteiger partial charge on any atom is 0.285 e. The first-order valence-electron chi connectivity index (χ1n) is 2.99. The highest BCUT2D eigenvalue weighted by Gasteiger charge is 1.91. The lowest BCUT2D eigenvalue weighted by Crippen LogP contribution is -2.28. The maximum atomic E-state index is 10.8. The van der Waals surface area contributed by atoms with E-state index in [-0.39, 0.29) is 5.56 Å². The summed E-state index contributed by atoms with van der Waals surface area (Å²) in [6, 6.07) is 3.15. The average Bonchev–Trinajstić information content (AvgIpc) is 1.94. The Labute approximate surface area is 58.5 Å². The first-order valence-corrected chi connectivity index (χ1v) is 2.99. The molecule has 54 valence electrons. The zero-order chi connectivity index (χ0) is 7.56. The fourth-order valence-electron chi connectivity index (χ4n) is 0.663. The van der Waals surface area contributed by atoms with Gasteiger partial charge in [0.15, 0.2) is 0 Å². The van der Waals surface area contributed by atoms with Gasteiger partial charge in [-0.25, -0.2) is 0 Å². The molecule has 0 saturated heterocycles. The fourth-order valence-corrected chi connectivity index (χ4v) is 0.663. The minimum atomic E-state index is -0.145. The van der Waals surface area contributed by atoms with Gasteiger partial charge in [0, 0.05) is 13.1 Å². The first-order chi connectivity index (χ1) is 4.74. The molecule has 1 heterocycles. The molecule has 0 spiro atoms. The lowest BCUT2D eigenvalue weighted by atomic mass is 10.4. The van der Waals surface area contributed by atoms with Crippen molar-refractivity contribution < 1.29 is 0 Å². The maximum absolute atomic E-state index is 10.8. The van der Waals surface area contributed by atoms with Crippen molar-refractivity contribution in [2.45, 2.75) is 6.92 Å². The highest BCUT2D eigenvalue weighted by Crippen LogP contribution is 1.81. The van der Waals surface area contributed by atoms with E-state index in [2.05, 4.69) is 10.5 Å². The molecule has 0 aliphatic heterocycles. The van der Waals surface area contributed by atoms with Gasteiger partial charge in [0.1, 0.15) is 0 Å². The molecule has 10 heavy (non-hydrogen) atoms. The SMILES string of the molecule is CNn1nc(C)ccc1=O. The topological polar surface area (TPSA) is 46.9 Å². The number of aromatic nitrogens is 2. The summed E-state index contributed by atoms with van der Waals surface area (Å²) >= 11 is 0. The molecular formula is C6H9N3O. The van der Waals surface area contributed by atoms with E-state index in [1.807, 2.05) is 6.92 Å². The van der Waals surface area contributed by atoms with E-state index in [9.17, 15) is 4.79 Å². The minimum Gasteiger partial charge on any atom is -0.309 e. The van der Waals surface area contributed by atoms with Crippen molar-refractivity contribution in [3.8, 4) is 0 Å². The highest BCUT2D eigenvalue weighted by atomic mass is 16.1. The fraction of sp³-hybridized carbons (Fsp3) is 0.333. The first kappa shape index (κ1) is 6.80. The van der Waals surface area contributed by atoms with Crippen LogP contribution in [0.2, 0.25) is 0 Å². The molecule has 0 aromatic carbocycles. The van der Waals surface area contributed by atoms with Crippen molar-refractivity contribution in [1.82, 2.24) is 9.89 Å². The Hall–Kier alpha value is -1.32. The van der Waals surface area contributed by atoms with Crippen LogP contribution in [0.15, 0.2) is 16.9 Å². The predicted molar refractivity (Wildman–Crippen MR) is 38.5 cm³/mol. The zero-order valence-corrected chi connectivity index (χ0v) is 5.96. The summed E-state index contributed by atoms with van der Waals surface area (Å²) in [5.41, 5.74) is 3.30. The molecule has 0 aliphatic carbocycles. The van der Waals surface area contributed by atoms with Gasteiger partial charge in [0.25, 0.3) is 5.56 Å². The van der Waals surface area contributed by atoms with Gasteiger partial charge >= 0.3 is 0 Å². The largest absolute Gasteiger partial charge is 0.309 e. The van der Waals surface area contributed by atoms with Crippen LogP contribution < -0.4 is 11.0 Å². The Morgan fingerprint density at radius 1 is 1.60 bits per heavy atom. The van der Waals surface area contributed by atoms with E-state index in [4.69, 9.17) is 0 Å². The van der Waals surface area contributed by atoms with Crippen LogP contribution in [0.1, 0.15) is 5.69 Å². The lowest BCUT2D eigenvalue weighted by molar-refractivity contribution is 0.707. The molecule has 1 aromatic rings. The quantitative estimate of drug-likeness (QED) is 0.582. The molecule has 1 N–H and O–H groups in total. The third-order valence-electron chi connectivity index (χ3n) is 1.15. The van der Waals surface area contributed by atoms with Crippen molar-refractivity contribution >= 4 is 0 Å². The molecule has 0 amide bonds. The molecule has 4 heteroatoms. The monoisotopic (exact) mass is 139 g/mol. The van der Waals surface area contributed by atoms with Crippen LogP contribution in [0.3, 0.4) is 0 Å². The Bertz CT molecular complexity index is 279. The van der Waals surface area contributed by atoms with Gasteiger partial charge < -0.3 is 5.43 Å². The van der Waals surface area contributed by atoms with Gasteiger partial charge in [-0.3, -0.25) is 4.79 Å². The Morgan fingerprint density at radius 2 is 2.30 bits per heavy atom. The number of rotatable bonds is 1. The van der Waals surface area contributed by atoms with Crippen LogP contribution in [0.5, 0.6) is 0 Å². The number of hydrogen-bond acceptors (Lipinski definition) is 3. The van der Waals surface area contributed by atoms with Gasteiger partial charge in [-0.15, -0.1) is 4.79 Å². The normalized spacial score (nSPS) is 9.40. The molecule has 0 aliphatic rings. The van der Waals surface area contributed by atoms with Crippen LogP contribution in [-0.4, -0.2) is 16.9 Å². The van der Waals surface area contributed by atoms with E-state index in [1.54, 1.807) is 13.1 Å². The van der Waals surface area contributed by atoms with E-state index in [1.165, 1.54) is 10.9 Å². The van der Waals surface area contributed by atoms with Crippen LogP contribution in [0, 0.1) is 6.92 Å². The zero-order valence-electron chi connectivity index (χ0n) is 5.96. The molecule has 0 atom stereocenters. The van der Waals surface area contributed by atoms with Crippen molar-refractivity contribution in [1.29, 1.82) is 0 Å². The predicted octanol–water partition coefficient (Wildman–Crippen LogP) is -0.275. The van der Waals surface area contributed by atoms with E-state index in [0.717, 1.165) is 5.69 Å². The van der Waals surface area contributed by atoms with Gasteiger partial charge in [-0.1, -0.05) is 0 Å². The molecule has 0 saturated carbocycles. The average molecular weight is 139 g/mol. The second-order valence-electron chi connectivity index (χ2n) is 1.95. The summed E-state index contributed by atoms with van der Waals surface area (Å²) in [7, 11) is 1.65. The Morgan fingerprint density at radius 3 is 2.80 bits per heavy atom. The summed E-state index contributed by atoms with van der Waals surface area (Å²) in [4.78, 5) is 12.0. The minimum absolute atomic E-state index is 0.145. The van der Waals surface area contributed by atoms with Gasteiger partial charge in [-0.2, -0.15) is 5.10 Å². The highest BCUT2D eigenvalue weighted by molar-refractivity contribution is 4.97. The van der Waals surface area contributed by atoms with Crippen LogP contribution in [0.25, 0.3) is 0 Å². The second-order valence-corrected chi connectivity index (χ2v) is 1.95. The molecule has 0 unspecified atom stereocenters. The van der Waals surface area contributed by atoms with Crippen molar-refractivity contribution in [3.63, 3.8) is 0 Å². The van der Waals surface area contributed by atoms with E-state index < -0.39 is 0 Å². The van der Waals surface area contributed by atoms with Crippen molar-refractivity contribution in [3.05, 3.63) is 28.2 Å². The number of aryl methyl sites for hydroxylation is 1. The third-order valence-corrected chi connectivity index (χ3v) is 1.15. The molecule has 0 fully saturated rings. The number of nitrogens with one attached hydrogen (secondary N) is 1. The van der Waals surface area contributed by atoms with Crippen molar-refractivity contribution in [2.75, 3.05) is 12.5 Å². The van der Waals surface area contributed by atoms with Crippen LogP contribution in [-0.2, 0) is 0 Å². The number of nitrogens with zero attached hydrogens (tertiary/aromatic N) is 2. The van der Waals surface area contributed by atoms with Crippen molar-refractivity contribution in [2.24, 2.45) is 0 Å². The van der Waals surface area contributed by atoms with Gasteiger partial charge in [0.2, 0.25) is 0 Å². The second kappa shape index (κ2) is 2.51. The summed E-state index contributed by atoms with van der Waals surface area (Å²) in [6.07, 6.45) is 0.